The van der Waals surface area contributed by atoms with Crippen LogP contribution in [0.3, 0.4) is 0 Å². The summed E-state index contributed by atoms with van der Waals surface area (Å²) in [5.41, 5.74) is 0.393. The number of nitrogens with one attached hydrogen (secondary N) is 1. The van der Waals surface area contributed by atoms with Gasteiger partial charge in [0.15, 0.2) is 5.82 Å². The molecule has 2 aliphatic rings. The van der Waals surface area contributed by atoms with E-state index in [1.807, 2.05) is 17.9 Å². The normalized spacial score (nSPS) is 18.2. The van der Waals surface area contributed by atoms with Gasteiger partial charge in [0.2, 0.25) is 17.7 Å². The quantitative estimate of drug-likeness (QED) is 0.579. The van der Waals surface area contributed by atoms with Crippen molar-refractivity contribution in [1.29, 1.82) is 0 Å². The van der Waals surface area contributed by atoms with Gasteiger partial charge in [0.1, 0.15) is 17.2 Å². The molecule has 2 fully saturated rings. The highest BCUT2D eigenvalue weighted by atomic mass is 16.5. The summed E-state index contributed by atoms with van der Waals surface area (Å²) in [5.74, 6) is 3.04. The van der Waals surface area contributed by atoms with Crippen molar-refractivity contribution in [3.63, 3.8) is 0 Å². The summed E-state index contributed by atoms with van der Waals surface area (Å²) in [7, 11) is 0. The lowest BCUT2D eigenvalue weighted by Crippen LogP contribution is -2.49. The van der Waals surface area contributed by atoms with E-state index in [-0.39, 0.29) is 17.7 Å². The highest BCUT2D eigenvalue weighted by Crippen LogP contribution is 2.34. The van der Waals surface area contributed by atoms with Gasteiger partial charge in [-0.2, -0.15) is 4.98 Å². The highest BCUT2D eigenvalue weighted by molar-refractivity contribution is 5.76. The number of anilines is 1. The van der Waals surface area contributed by atoms with Crippen molar-refractivity contribution in [2.45, 2.75) is 90.5 Å². The average Bonchev–Trinajstić information content (AvgIpc) is 3.22. The van der Waals surface area contributed by atoms with Crippen molar-refractivity contribution in [3.05, 3.63) is 29.3 Å². The predicted molar refractivity (Wildman–Crippen MR) is 135 cm³/mol. The number of aryl methyl sites for hydroxylation is 2. The smallest absolute Gasteiger partial charge is 0.227 e. The molecule has 0 atom stereocenters. The molecule has 36 heavy (non-hydrogen) atoms. The molecule has 1 saturated heterocycles. The maximum Gasteiger partial charge on any atom is 0.227 e. The number of rotatable bonds is 7. The molecule has 10 nitrogen and oxygen atoms in total. The van der Waals surface area contributed by atoms with Gasteiger partial charge in [0.05, 0.1) is 0 Å². The molecule has 4 rings (SSSR count). The monoisotopic (exact) mass is 497 g/mol. The van der Waals surface area contributed by atoms with Crippen LogP contribution in [0.4, 0.5) is 5.82 Å². The van der Waals surface area contributed by atoms with Crippen LogP contribution in [0.1, 0.15) is 94.9 Å². The van der Waals surface area contributed by atoms with Crippen LogP contribution in [0.2, 0.25) is 0 Å². The summed E-state index contributed by atoms with van der Waals surface area (Å²) in [4.78, 5) is 42.8. The summed E-state index contributed by atoms with van der Waals surface area (Å²) in [6.45, 7) is 10.5. The molecule has 1 aliphatic carbocycles. The van der Waals surface area contributed by atoms with Crippen LogP contribution in [-0.4, -0.2) is 63.0 Å². The van der Waals surface area contributed by atoms with E-state index in [0.29, 0.717) is 37.6 Å². The van der Waals surface area contributed by atoms with E-state index in [1.165, 1.54) is 6.92 Å². The van der Waals surface area contributed by atoms with Crippen LogP contribution in [0.15, 0.2) is 10.6 Å². The molecule has 0 radical (unpaired) electrons. The van der Waals surface area contributed by atoms with Crippen LogP contribution < -0.4 is 10.2 Å². The van der Waals surface area contributed by atoms with Crippen molar-refractivity contribution in [2.75, 3.05) is 31.1 Å². The van der Waals surface area contributed by atoms with Gasteiger partial charge in [-0.25, -0.2) is 9.97 Å². The number of amides is 2. The van der Waals surface area contributed by atoms with Crippen LogP contribution in [0.25, 0.3) is 0 Å². The minimum Gasteiger partial charge on any atom is -0.353 e. The average molecular weight is 498 g/mol. The van der Waals surface area contributed by atoms with Crippen molar-refractivity contribution in [3.8, 4) is 0 Å². The molecule has 196 valence electrons. The fourth-order valence-electron chi connectivity index (χ4n) is 5.18. The third-order valence-corrected chi connectivity index (χ3v) is 7.15. The first-order valence-electron chi connectivity index (χ1n) is 13.3. The first kappa shape index (κ1) is 26.0. The number of carbonyl (C=O) groups is 2. The fourth-order valence-corrected chi connectivity index (χ4v) is 5.18. The Kier molecular flexibility index (Phi) is 8.21. The van der Waals surface area contributed by atoms with E-state index in [0.717, 1.165) is 69.0 Å². The molecular weight excluding hydrogens is 458 g/mol. The van der Waals surface area contributed by atoms with Gasteiger partial charge < -0.3 is 19.6 Å². The van der Waals surface area contributed by atoms with E-state index >= 15 is 0 Å². The zero-order valence-corrected chi connectivity index (χ0v) is 22.0. The number of carbonyl (C=O) groups excluding carboxylic acids is 2. The van der Waals surface area contributed by atoms with Gasteiger partial charge in [-0.1, -0.05) is 44.7 Å². The number of aromatic nitrogens is 4. The van der Waals surface area contributed by atoms with Gasteiger partial charge in [-0.15, -0.1) is 0 Å². The Hall–Kier alpha value is -3.04. The van der Waals surface area contributed by atoms with Gasteiger partial charge in [-0.05, 0) is 19.8 Å². The molecule has 10 heteroatoms. The number of piperazine rings is 1. The van der Waals surface area contributed by atoms with Crippen LogP contribution >= 0.6 is 0 Å². The first-order valence-corrected chi connectivity index (χ1v) is 13.3. The lowest BCUT2D eigenvalue weighted by Gasteiger charge is -2.35. The second-order valence-electron chi connectivity index (χ2n) is 10.4. The number of hydrogen-bond donors (Lipinski definition) is 1. The van der Waals surface area contributed by atoms with E-state index in [9.17, 15) is 9.59 Å². The Morgan fingerprint density at radius 1 is 1.06 bits per heavy atom. The minimum atomic E-state index is -0.570. The largest absolute Gasteiger partial charge is 0.353 e. The summed E-state index contributed by atoms with van der Waals surface area (Å²) >= 11 is 0. The highest BCUT2D eigenvalue weighted by Gasteiger charge is 2.38. The molecule has 1 N–H and O–H groups in total. The zero-order valence-electron chi connectivity index (χ0n) is 22.0. The molecule has 3 heterocycles. The summed E-state index contributed by atoms with van der Waals surface area (Å²) in [6.07, 6.45) is 6.64. The van der Waals surface area contributed by atoms with Crippen molar-refractivity contribution in [1.82, 2.24) is 30.3 Å². The van der Waals surface area contributed by atoms with Crippen molar-refractivity contribution in [2.24, 2.45) is 0 Å². The second kappa shape index (κ2) is 11.3. The molecule has 2 aromatic heterocycles. The summed E-state index contributed by atoms with van der Waals surface area (Å²) in [6, 6.07) is 2.01. The molecular formula is C26H39N7O3. The van der Waals surface area contributed by atoms with Crippen LogP contribution in [0, 0.1) is 6.92 Å². The Morgan fingerprint density at radius 3 is 2.39 bits per heavy atom. The van der Waals surface area contributed by atoms with Gasteiger partial charge >= 0.3 is 0 Å². The van der Waals surface area contributed by atoms with Crippen LogP contribution in [0.5, 0.6) is 0 Å². The molecule has 0 unspecified atom stereocenters. The van der Waals surface area contributed by atoms with Gasteiger partial charge in [0.25, 0.3) is 0 Å². The molecule has 2 amide bonds. The number of hydrogen-bond acceptors (Lipinski definition) is 8. The summed E-state index contributed by atoms with van der Waals surface area (Å²) in [5, 5.41) is 7.32. The van der Waals surface area contributed by atoms with E-state index in [1.54, 1.807) is 0 Å². The first-order chi connectivity index (χ1) is 17.3. The number of nitrogens with zero attached hydrogens (tertiary/aromatic N) is 6. The molecule has 0 bridgehead atoms. The molecule has 1 saturated carbocycles. The summed E-state index contributed by atoms with van der Waals surface area (Å²) < 4.78 is 5.51. The standard InChI is InChI=1S/C26H39N7O3/c1-18(2)24-27-19(3)17-21(28-24)32-13-15-33(16-14-32)23(35)10-9-22-29-25(31-36-22)26(30-20(4)34)11-7-5-6-8-12-26/h17-18H,5-16H2,1-4H3,(H,30,34). The third-order valence-electron chi connectivity index (χ3n) is 7.15. The molecule has 1 aliphatic heterocycles. The Balaban J connectivity index is 1.32. The van der Waals surface area contributed by atoms with Crippen LogP contribution in [-0.2, 0) is 21.5 Å². The maximum atomic E-state index is 12.9. The lowest BCUT2D eigenvalue weighted by atomic mass is 9.89. The molecule has 0 spiro atoms. The second-order valence-corrected chi connectivity index (χ2v) is 10.4. The fraction of sp³-hybridized carbons (Fsp3) is 0.692. The predicted octanol–water partition coefficient (Wildman–Crippen LogP) is 3.26. The van der Waals surface area contributed by atoms with E-state index in [2.05, 4.69) is 39.2 Å². The SMILES string of the molecule is CC(=O)NC1(c2noc(CCC(=O)N3CCN(c4cc(C)nc(C(C)C)n4)CC3)n2)CCCCCC1. The van der Waals surface area contributed by atoms with Gasteiger partial charge in [-0.3, -0.25) is 9.59 Å². The zero-order chi connectivity index (χ0) is 25.7. The minimum absolute atomic E-state index is 0.0854. The van der Waals surface area contributed by atoms with Crippen molar-refractivity contribution < 1.29 is 14.1 Å². The van der Waals surface area contributed by atoms with Crippen molar-refractivity contribution >= 4 is 17.6 Å². The molecule has 0 aromatic carbocycles. The Labute approximate surface area is 213 Å². The van der Waals surface area contributed by atoms with E-state index in [4.69, 9.17) is 9.51 Å². The Morgan fingerprint density at radius 2 is 1.75 bits per heavy atom. The lowest BCUT2D eigenvalue weighted by molar-refractivity contribution is -0.131. The third kappa shape index (κ3) is 6.20. The Bertz CT molecular complexity index is 1050. The topological polar surface area (TPSA) is 117 Å². The van der Waals surface area contributed by atoms with Gasteiger partial charge in [0, 0.05) is 63.6 Å². The van der Waals surface area contributed by atoms with E-state index < -0.39 is 5.54 Å². The molecule has 2 aromatic rings. The maximum absolute atomic E-state index is 12.9.